The number of nitrogens with one attached hydrogen (secondary N) is 2. The zero-order valence-electron chi connectivity index (χ0n) is 17.8. The number of carbonyl (C=O) groups excluding carboxylic acids is 3. The first-order valence-corrected chi connectivity index (χ1v) is 11.1. The van der Waals surface area contributed by atoms with Crippen LogP contribution in [0.3, 0.4) is 0 Å². The molecule has 3 aliphatic rings. The highest BCUT2D eigenvalue weighted by molar-refractivity contribution is 6.09. The highest BCUT2D eigenvalue weighted by atomic mass is 16.2. The number of hydrogen-bond acceptors (Lipinski definition) is 3. The monoisotopic (exact) mass is 391 g/mol. The number of hydrogen-bond donors (Lipinski definition) is 2. The van der Waals surface area contributed by atoms with Crippen molar-refractivity contribution in [3.63, 3.8) is 0 Å². The minimum Gasteiger partial charge on any atom is -0.355 e. The van der Waals surface area contributed by atoms with Gasteiger partial charge in [-0.05, 0) is 55.8 Å². The van der Waals surface area contributed by atoms with Crippen LogP contribution in [0.4, 0.5) is 4.79 Å². The molecule has 0 atom stereocenters. The fourth-order valence-electron chi connectivity index (χ4n) is 5.25. The first kappa shape index (κ1) is 21.1. The average Bonchev–Trinajstić information content (AvgIpc) is 3.22. The predicted molar refractivity (Wildman–Crippen MR) is 109 cm³/mol. The van der Waals surface area contributed by atoms with Crippen LogP contribution < -0.4 is 10.6 Å². The van der Waals surface area contributed by atoms with Gasteiger partial charge in [-0.1, -0.05) is 46.5 Å². The number of amides is 4. The molecule has 28 heavy (non-hydrogen) atoms. The Balaban J connectivity index is 1.45. The first-order chi connectivity index (χ1) is 13.2. The Bertz CT molecular complexity index is 597. The van der Waals surface area contributed by atoms with E-state index in [1.54, 1.807) is 0 Å². The van der Waals surface area contributed by atoms with Gasteiger partial charge >= 0.3 is 6.03 Å². The number of rotatable bonds is 6. The number of carbonyl (C=O) groups is 3. The van der Waals surface area contributed by atoms with Crippen molar-refractivity contribution in [2.75, 3.05) is 13.1 Å². The normalized spacial score (nSPS) is 28.8. The van der Waals surface area contributed by atoms with Crippen molar-refractivity contribution in [1.29, 1.82) is 0 Å². The second-order valence-electron chi connectivity index (χ2n) is 10.2. The summed E-state index contributed by atoms with van der Waals surface area (Å²) in [5.41, 5.74) is -0.576. The van der Waals surface area contributed by atoms with Crippen molar-refractivity contribution in [2.45, 2.75) is 90.5 Å². The van der Waals surface area contributed by atoms with E-state index in [1.165, 1.54) is 25.7 Å². The average molecular weight is 392 g/mol. The van der Waals surface area contributed by atoms with Gasteiger partial charge in [-0.25, -0.2) is 4.79 Å². The molecule has 2 aliphatic carbocycles. The molecule has 3 fully saturated rings. The zero-order valence-corrected chi connectivity index (χ0v) is 17.8. The molecule has 1 heterocycles. The van der Waals surface area contributed by atoms with E-state index < -0.39 is 11.6 Å². The molecule has 0 bridgehead atoms. The van der Waals surface area contributed by atoms with Gasteiger partial charge in [0.05, 0.1) is 0 Å². The van der Waals surface area contributed by atoms with E-state index in [-0.39, 0.29) is 23.8 Å². The summed E-state index contributed by atoms with van der Waals surface area (Å²) in [6.07, 6.45) is 10.6. The third kappa shape index (κ3) is 4.69. The largest absolute Gasteiger partial charge is 0.355 e. The van der Waals surface area contributed by atoms with E-state index in [2.05, 4.69) is 31.4 Å². The smallest absolute Gasteiger partial charge is 0.325 e. The maximum atomic E-state index is 13.0. The number of urea groups is 1. The van der Waals surface area contributed by atoms with Crippen molar-refractivity contribution in [3.05, 3.63) is 0 Å². The van der Waals surface area contributed by atoms with E-state index >= 15 is 0 Å². The molecular weight excluding hydrogens is 354 g/mol. The second-order valence-corrected chi connectivity index (χ2v) is 10.2. The predicted octanol–water partition coefficient (Wildman–Crippen LogP) is 3.60. The molecule has 1 saturated heterocycles. The van der Waals surface area contributed by atoms with E-state index in [0.717, 1.165) is 36.5 Å². The maximum Gasteiger partial charge on any atom is 0.325 e. The van der Waals surface area contributed by atoms with Gasteiger partial charge in [0.25, 0.3) is 5.91 Å². The molecule has 6 heteroatoms. The molecule has 158 valence electrons. The highest BCUT2D eigenvalue weighted by Crippen LogP contribution is 2.43. The molecule has 0 radical (unpaired) electrons. The summed E-state index contributed by atoms with van der Waals surface area (Å²) in [6, 6.07) is -0.416. The molecule has 2 N–H and O–H groups in total. The summed E-state index contributed by atoms with van der Waals surface area (Å²) in [4.78, 5) is 38.7. The standard InChI is InChI=1S/C22H37N3O3/c1-21(2,3)17-10-12-22(13-11-17)19(27)25(20(28)24-22)15-18(26)23-14-6-9-16-7-4-5-8-16/h16-17H,4-15H2,1-3H3,(H,23,26)(H,24,28). The van der Waals surface area contributed by atoms with E-state index in [1.807, 2.05) is 0 Å². The minimum atomic E-state index is -0.790. The molecule has 0 aromatic heterocycles. The van der Waals surface area contributed by atoms with Gasteiger partial charge in [-0.3, -0.25) is 14.5 Å². The van der Waals surface area contributed by atoms with Crippen LogP contribution >= 0.6 is 0 Å². The third-order valence-electron chi connectivity index (χ3n) is 7.20. The van der Waals surface area contributed by atoms with Crippen LogP contribution in [0.25, 0.3) is 0 Å². The summed E-state index contributed by atoms with van der Waals surface area (Å²) >= 11 is 0. The molecule has 0 aromatic rings. The van der Waals surface area contributed by atoms with E-state index in [9.17, 15) is 14.4 Å². The molecular formula is C22H37N3O3. The van der Waals surface area contributed by atoms with Crippen LogP contribution in [0, 0.1) is 17.3 Å². The molecule has 1 aliphatic heterocycles. The summed E-state index contributed by atoms with van der Waals surface area (Å²) in [7, 11) is 0. The zero-order chi connectivity index (χ0) is 20.4. The Labute approximate surface area is 169 Å². The molecule has 3 rings (SSSR count). The van der Waals surface area contributed by atoms with E-state index in [0.29, 0.717) is 25.3 Å². The van der Waals surface area contributed by atoms with Crippen LogP contribution in [-0.2, 0) is 9.59 Å². The summed E-state index contributed by atoms with van der Waals surface area (Å²) < 4.78 is 0. The van der Waals surface area contributed by atoms with Gasteiger partial charge in [-0.15, -0.1) is 0 Å². The third-order valence-corrected chi connectivity index (χ3v) is 7.20. The molecule has 0 aromatic carbocycles. The van der Waals surface area contributed by atoms with Crippen molar-refractivity contribution >= 4 is 17.8 Å². The fourth-order valence-corrected chi connectivity index (χ4v) is 5.25. The Hall–Kier alpha value is -1.59. The quantitative estimate of drug-likeness (QED) is 0.536. The van der Waals surface area contributed by atoms with Gasteiger partial charge in [-0.2, -0.15) is 0 Å². The van der Waals surface area contributed by atoms with Crippen LogP contribution in [0.15, 0.2) is 0 Å². The number of imide groups is 1. The lowest BCUT2D eigenvalue weighted by Gasteiger charge is -2.40. The fraction of sp³-hybridized carbons (Fsp3) is 0.864. The molecule has 2 saturated carbocycles. The summed E-state index contributed by atoms with van der Waals surface area (Å²) in [6.45, 7) is 7.14. The van der Waals surface area contributed by atoms with Crippen LogP contribution in [0.2, 0.25) is 0 Å². The van der Waals surface area contributed by atoms with Gasteiger partial charge in [0.15, 0.2) is 0 Å². The van der Waals surface area contributed by atoms with Gasteiger partial charge in [0.1, 0.15) is 12.1 Å². The maximum absolute atomic E-state index is 13.0. The Morgan fingerprint density at radius 1 is 1.14 bits per heavy atom. The number of nitrogens with zero attached hydrogens (tertiary/aromatic N) is 1. The van der Waals surface area contributed by atoms with Gasteiger partial charge < -0.3 is 10.6 Å². The minimum absolute atomic E-state index is 0.168. The van der Waals surface area contributed by atoms with Crippen LogP contribution in [0.1, 0.15) is 85.0 Å². The van der Waals surface area contributed by atoms with Gasteiger partial charge in [0, 0.05) is 6.54 Å². The SMILES string of the molecule is CC(C)(C)C1CCC2(CC1)NC(=O)N(CC(=O)NCCCC1CCCC1)C2=O. The first-order valence-electron chi connectivity index (χ1n) is 11.1. The van der Waals surface area contributed by atoms with E-state index in [4.69, 9.17) is 0 Å². The second kappa shape index (κ2) is 8.42. The van der Waals surface area contributed by atoms with Crippen LogP contribution in [-0.4, -0.2) is 41.4 Å². The topological polar surface area (TPSA) is 78.5 Å². The lowest BCUT2D eigenvalue weighted by Crippen LogP contribution is -2.51. The summed E-state index contributed by atoms with van der Waals surface area (Å²) in [5, 5.41) is 5.79. The lowest BCUT2D eigenvalue weighted by molar-refractivity contribution is -0.136. The Kier molecular flexibility index (Phi) is 6.35. The molecule has 6 nitrogen and oxygen atoms in total. The molecule has 1 spiro atoms. The van der Waals surface area contributed by atoms with Crippen molar-refractivity contribution in [1.82, 2.24) is 15.5 Å². The lowest BCUT2D eigenvalue weighted by atomic mass is 9.67. The summed E-state index contributed by atoms with van der Waals surface area (Å²) in [5.74, 6) is 0.910. The van der Waals surface area contributed by atoms with Crippen LogP contribution in [0.5, 0.6) is 0 Å². The van der Waals surface area contributed by atoms with Crippen molar-refractivity contribution < 1.29 is 14.4 Å². The Morgan fingerprint density at radius 3 is 2.39 bits per heavy atom. The highest BCUT2D eigenvalue weighted by Gasteiger charge is 2.53. The molecule has 4 amide bonds. The van der Waals surface area contributed by atoms with Gasteiger partial charge in [0.2, 0.25) is 5.91 Å². The van der Waals surface area contributed by atoms with Crippen molar-refractivity contribution in [2.24, 2.45) is 17.3 Å². The Morgan fingerprint density at radius 2 is 1.79 bits per heavy atom. The van der Waals surface area contributed by atoms with Crippen molar-refractivity contribution in [3.8, 4) is 0 Å². The molecule has 0 unspecified atom stereocenters.